The van der Waals surface area contributed by atoms with Crippen LogP contribution in [0.15, 0.2) is 16.9 Å². The summed E-state index contributed by atoms with van der Waals surface area (Å²) >= 11 is 2.13. The maximum atomic E-state index is 12.9. The van der Waals surface area contributed by atoms with Crippen molar-refractivity contribution >= 4 is 57.9 Å². The summed E-state index contributed by atoms with van der Waals surface area (Å²) in [5, 5.41) is 14.8. The summed E-state index contributed by atoms with van der Waals surface area (Å²) in [6.45, 7) is 6.26. The van der Waals surface area contributed by atoms with Crippen LogP contribution in [0.25, 0.3) is 0 Å². The number of anilines is 1. The van der Waals surface area contributed by atoms with Crippen LogP contribution in [0, 0.1) is 0 Å². The Bertz CT molecular complexity index is 1050. The Morgan fingerprint density at radius 1 is 1.36 bits per heavy atom. The number of aliphatic carboxylic acids is 1. The van der Waals surface area contributed by atoms with E-state index >= 15 is 0 Å². The fourth-order valence-electron chi connectivity index (χ4n) is 2.97. The molecule has 0 aromatic carbocycles. The predicted octanol–water partition coefficient (Wildman–Crippen LogP) is -0.0604. The van der Waals surface area contributed by atoms with Crippen LogP contribution in [-0.4, -0.2) is 77.7 Å². The molecule has 1 fully saturated rings. The largest absolute Gasteiger partial charge is 0.477 e. The molecular weight excluding hydrogens is 476 g/mol. The van der Waals surface area contributed by atoms with E-state index in [9.17, 15) is 24.3 Å². The van der Waals surface area contributed by atoms with Crippen LogP contribution in [0.2, 0.25) is 0 Å². The molecule has 1 saturated heterocycles. The number of rotatable bonds is 7. The van der Waals surface area contributed by atoms with Crippen LogP contribution in [0.5, 0.6) is 0 Å². The van der Waals surface area contributed by atoms with Gasteiger partial charge in [0.1, 0.15) is 22.7 Å². The molecule has 2 aliphatic heterocycles. The molecule has 3 heterocycles. The van der Waals surface area contributed by atoms with Gasteiger partial charge in [0, 0.05) is 16.8 Å². The minimum Gasteiger partial charge on any atom is -0.477 e. The standard InChI is InChI=1S/C18H22N6O7S2/c1-7-5-8(16(28)29)24-14(27)11(15(24)32-7)20-13(26)10(12-21-17(19)33-23-12)22-30-6-9(25)31-18(2,3)4/h5,7,11,15H,6H2,1-4H3,(H,20,26)(H,28,29)(H2,19,21,23)/t7?,11?,15-/m1/s1. The number of oxime groups is 1. The van der Waals surface area contributed by atoms with Gasteiger partial charge < -0.3 is 25.7 Å². The Hall–Kier alpha value is -3.20. The highest BCUT2D eigenvalue weighted by Gasteiger charge is 2.54. The fraction of sp³-hybridized carbons (Fsp3) is 0.500. The van der Waals surface area contributed by atoms with E-state index < -0.39 is 53.1 Å². The smallest absolute Gasteiger partial charge is 0.352 e. The Kier molecular flexibility index (Phi) is 6.92. The van der Waals surface area contributed by atoms with Crippen molar-refractivity contribution in [3.8, 4) is 0 Å². The van der Waals surface area contributed by atoms with Crippen molar-refractivity contribution in [1.82, 2.24) is 19.6 Å². The summed E-state index contributed by atoms with van der Waals surface area (Å²) in [6.07, 6.45) is 1.47. The number of nitrogen functional groups attached to an aromatic ring is 1. The number of carboxylic acid groups (broad SMARTS) is 1. The first-order chi connectivity index (χ1) is 15.4. The van der Waals surface area contributed by atoms with Crippen LogP contribution >= 0.6 is 23.3 Å². The highest BCUT2D eigenvalue weighted by atomic mass is 32.2. The molecule has 0 spiro atoms. The minimum absolute atomic E-state index is 0.0661. The van der Waals surface area contributed by atoms with Crippen molar-refractivity contribution in [2.75, 3.05) is 12.3 Å². The number of carbonyl (C=O) groups excluding carboxylic acids is 3. The Morgan fingerprint density at radius 3 is 2.64 bits per heavy atom. The predicted molar refractivity (Wildman–Crippen MR) is 118 cm³/mol. The molecule has 33 heavy (non-hydrogen) atoms. The SMILES string of the molecule is CC1C=C(C(=O)O)N2C(=O)C(NC(=O)C(=NOCC(=O)OC(C)(C)C)c3nsc(N)n3)[C@H]2S1. The third kappa shape index (κ3) is 5.60. The van der Waals surface area contributed by atoms with Crippen molar-refractivity contribution in [2.24, 2.45) is 5.16 Å². The lowest BCUT2D eigenvalue weighted by Gasteiger charge is -2.49. The first-order valence-corrected chi connectivity index (χ1v) is 11.3. The summed E-state index contributed by atoms with van der Waals surface area (Å²) in [5.74, 6) is -3.53. The number of amides is 2. The van der Waals surface area contributed by atoms with E-state index in [4.69, 9.17) is 15.3 Å². The molecule has 15 heteroatoms. The summed E-state index contributed by atoms with van der Waals surface area (Å²) in [7, 11) is 0. The average molecular weight is 499 g/mol. The van der Waals surface area contributed by atoms with Crippen molar-refractivity contribution in [3.05, 3.63) is 17.6 Å². The summed E-state index contributed by atoms with van der Waals surface area (Å²) in [4.78, 5) is 58.8. The highest BCUT2D eigenvalue weighted by molar-refractivity contribution is 8.00. The first-order valence-electron chi connectivity index (χ1n) is 9.63. The van der Waals surface area contributed by atoms with Gasteiger partial charge in [-0.1, -0.05) is 5.16 Å². The quantitative estimate of drug-likeness (QED) is 0.198. The Balaban J connectivity index is 1.74. The van der Waals surface area contributed by atoms with Crippen molar-refractivity contribution in [1.29, 1.82) is 0 Å². The van der Waals surface area contributed by atoms with Gasteiger partial charge >= 0.3 is 11.9 Å². The molecule has 1 aromatic heterocycles. The second-order valence-corrected chi connectivity index (χ2v) is 10.3. The van der Waals surface area contributed by atoms with Gasteiger partial charge in [-0.2, -0.15) is 9.36 Å². The number of hydrogen-bond acceptors (Lipinski definition) is 12. The lowest BCUT2D eigenvalue weighted by molar-refractivity contribution is -0.160. The molecule has 2 unspecified atom stereocenters. The van der Waals surface area contributed by atoms with E-state index in [2.05, 4.69) is 19.8 Å². The first kappa shape index (κ1) is 24.4. The van der Waals surface area contributed by atoms with Crippen molar-refractivity contribution in [2.45, 2.75) is 50.0 Å². The maximum Gasteiger partial charge on any atom is 0.352 e. The molecule has 0 bridgehead atoms. The molecule has 3 rings (SSSR count). The number of carboxylic acids is 1. The number of β-lactam (4-membered cyclic amide) rings is 1. The van der Waals surface area contributed by atoms with Crippen LogP contribution in [0.3, 0.4) is 0 Å². The van der Waals surface area contributed by atoms with Gasteiger partial charge in [-0.25, -0.2) is 9.59 Å². The third-order valence-electron chi connectivity index (χ3n) is 4.18. The fourth-order valence-corrected chi connectivity index (χ4v) is 4.74. The second kappa shape index (κ2) is 9.35. The third-order valence-corrected chi connectivity index (χ3v) is 6.05. The Morgan fingerprint density at radius 2 is 2.06 bits per heavy atom. The number of hydrogen-bond donors (Lipinski definition) is 3. The molecule has 3 atom stereocenters. The molecule has 0 aliphatic carbocycles. The van der Waals surface area contributed by atoms with E-state index in [1.165, 1.54) is 17.8 Å². The molecular formula is C18H22N6O7S2. The van der Waals surface area contributed by atoms with E-state index in [1.54, 1.807) is 27.7 Å². The van der Waals surface area contributed by atoms with Gasteiger partial charge in [0.2, 0.25) is 18.1 Å². The number of aromatic nitrogens is 2. The number of esters is 1. The van der Waals surface area contributed by atoms with E-state index in [-0.39, 0.29) is 21.9 Å². The van der Waals surface area contributed by atoms with Gasteiger partial charge in [0.25, 0.3) is 11.8 Å². The summed E-state index contributed by atoms with van der Waals surface area (Å²) in [6, 6.07) is -1.000. The van der Waals surface area contributed by atoms with Gasteiger partial charge in [-0.15, -0.1) is 11.8 Å². The van der Waals surface area contributed by atoms with Crippen LogP contribution in [-0.2, 0) is 28.8 Å². The van der Waals surface area contributed by atoms with Gasteiger partial charge in [0.05, 0.1) is 0 Å². The zero-order valence-electron chi connectivity index (χ0n) is 18.1. The minimum atomic E-state index is -1.23. The van der Waals surface area contributed by atoms with Crippen molar-refractivity contribution < 1.29 is 33.9 Å². The lowest BCUT2D eigenvalue weighted by Crippen LogP contribution is -2.71. The van der Waals surface area contributed by atoms with E-state index in [1.807, 2.05) is 0 Å². The lowest BCUT2D eigenvalue weighted by atomic mass is 10.0. The summed E-state index contributed by atoms with van der Waals surface area (Å²) in [5.41, 5.74) is 4.32. The van der Waals surface area contributed by atoms with Gasteiger partial charge in [0.15, 0.2) is 5.13 Å². The normalized spacial score (nSPS) is 22.6. The monoisotopic (exact) mass is 498 g/mol. The average Bonchev–Trinajstić information content (AvgIpc) is 3.12. The molecule has 2 aliphatic rings. The number of nitrogens with zero attached hydrogens (tertiary/aromatic N) is 4. The molecule has 1 aromatic rings. The van der Waals surface area contributed by atoms with E-state index in [0.29, 0.717) is 0 Å². The molecule has 4 N–H and O–H groups in total. The highest BCUT2D eigenvalue weighted by Crippen LogP contribution is 2.40. The molecule has 2 amide bonds. The number of fused-ring (bicyclic) bond motifs is 1. The van der Waals surface area contributed by atoms with Crippen LogP contribution < -0.4 is 11.1 Å². The number of thioether (sulfide) groups is 1. The zero-order chi connectivity index (χ0) is 24.5. The van der Waals surface area contributed by atoms with Crippen LogP contribution in [0.4, 0.5) is 5.13 Å². The molecule has 13 nitrogen and oxygen atoms in total. The number of carbonyl (C=O) groups is 4. The van der Waals surface area contributed by atoms with Gasteiger partial charge in [-0.3, -0.25) is 14.5 Å². The number of nitrogens with one attached hydrogen (secondary N) is 1. The maximum absolute atomic E-state index is 12.9. The van der Waals surface area contributed by atoms with E-state index in [0.717, 1.165) is 16.4 Å². The number of nitrogens with two attached hydrogens (primary N) is 1. The number of ether oxygens (including phenoxy) is 1. The molecule has 178 valence electrons. The zero-order valence-corrected chi connectivity index (χ0v) is 19.7. The second-order valence-electron chi connectivity index (χ2n) is 8.00. The van der Waals surface area contributed by atoms with Crippen LogP contribution in [0.1, 0.15) is 33.5 Å². The Labute approximate surface area is 196 Å². The molecule has 0 radical (unpaired) electrons. The topological polar surface area (TPSA) is 186 Å². The summed E-state index contributed by atoms with van der Waals surface area (Å²) < 4.78 is 9.03. The van der Waals surface area contributed by atoms with Gasteiger partial charge in [-0.05, 0) is 33.8 Å². The molecule has 0 saturated carbocycles. The van der Waals surface area contributed by atoms with Crippen molar-refractivity contribution in [3.63, 3.8) is 0 Å².